The quantitative estimate of drug-likeness (QED) is 0.151. The molecule has 0 unspecified atom stereocenters. The largest absolute Gasteiger partial charge is 0.508 e. The molecule has 0 spiro atoms. The summed E-state index contributed by atoms with van der Waals surface area (Å²) in [6.07, 6.45) is 6.54. The Labute approximate surface area is 247 Å². The van der Waals surface area contributed by atoms with E-state index >= 15 is 0 Å². The minimum absolute atomic E-state index is 0. The predicted molar refractivity (Wildman–Crippen MR) is 163 cm³/mol. The minimum Gasteiger partial charge on any atom is -0.508 e. The molecule has 0 aliphatic heterocycles. The van der Waals surface area contributed by atoms with Crippen LogP contribution in [0.2, 0.25) is 0 Å². The SMILES string of the molecule is CC(C)[C@H](N)C(=O)Oc1ccc(/C=C2\CCC/C(=C(O)\C=C\c3ccccc3OC(=O)[C@@H](N)C(C)C)C2=O)cc1.Cl. The highest BCUT2D eigenvalue weighted by Gasteiger charge is 2.24. The highest BCUT2D eigenvalue weighted by atomic mass is 35.5. The average molecular weight is 583 g/mol. The summed E-state index contributed by atoms with van der Waals surface area (Å²) in [4.78, 5) is 37.6. The van der Waals surface area contributed by atoms with E-state index in [0.29, 0.717) is 47.5 Å². The van der Waals surface area contributed by atoms with E-state index in [2.05, 4.69) is 0 Å². The first-order valence-corrected chi connectivity index (χ1v) is 13.5. The number of benzene rings is 2. The zero-order chi connectivity index (χ0) is 29.4. The van der Waals surface area contributed by atoms with Gasteiger partial charge in [0.15, 0.2) is 5.78 Å². The molecule has 3 rings (SSSR count). The first-order valence-electron chi connectivity index (χ1n) is 13.5. The molecule has 0 amide bonds. The molecule has 0 heterocycles. The van der Waals surface area contributed by atoms with Crippen LogP contribution in [0.4, 0.5) is 0 Å². The number of nitrogens with two attached hydrogens (primary N) is 2. The van der Waals surface area contributed by atoms with Crippen LogP contribution in [-0.2, 0) is 14.4 Å². The molecule has 0 radical (unpaired) electrons. The van der Waals surface area contributed by atoms with Crippen molar-refractivity contribution in [3.8, 4) is 11.5 Å². The molecule has 1 fully saturated rings. The minimum atomic E-state index is -0.757. The van der Waals surface area contributed by atoms with Crippen LogP contribution in [0, 0.1) is 11.8 Å². The standard InChI is InChI=1S/C32H38N2O6.ClH/c1-19(2)28(33)31(37)39-24-15-12-21(13-16-24)18-23-9-7-10-25(30(23)36)26(35)17-14-22-8-5-6-11-27(22)40-32(38)29(34)20(3)4;/h5-6,8,11-20,28-29,35H,7,9-10,33-34H2,1-4H3;1H/b17-14+,23-18+,26-25-;/t28-,29-;/m0./s1. The van der Waals surface area contributed by atoms with Crippen molar-refractivity contribution in [2.45, 2.75) is 59.0 Å². The molecular weight excluding hydrogens is 544 g/mol. The van der Waals surface area contributed by atoms with Crippen molar-refractivity contribution in [1.82, 2.24) is 0 Å². The molecule has 41 heavy (non-hydrogen) atoms. The second-order valence-electron chi connectivity index (χ2n) is 10.5. The highest BCUT2D eigenvalue weighted by molar-refractivity contribution is 6.12. The maximum absolute atomic E-state index is 13.2. The number of aliphatic hydroxyl groups is 1. The first-order chi connectivity index (χ1) is 19.0. The van der Waals surface area contributed by atoms with Gasteiger partial charge in [-0.15, -0.1) is 12.4 Å². The van der Waals surface area contributed by atoms with Gasteiger partial charge in [-0.1, -0.05) is 58.0 Å². The van der Waals surface area contributed by atoms with Gasteiger partial charge in [-0.2, -0.15) is 0 Å². The molecule has 0 saturated heterocycles. The Morgan fingerprint density at radius 2 is 1.46 bits per heavy atom. The lowest BCUT2D eigenvalue weighted by molar-refractivity contribution is -0.137. The van der Waals surface area contributed by atoms with Gasteiger partial charge in [0, 0.05) is 16.7 Å². The fourth-order valence-electron chi connectivity index (χ4n) is 3.98. The van der Waals surface area contributed by atoms with Crippen molar-refractivity contribution in [1.29, 1.82) is 0 Å². The zero-order valence-electron chi connectivity index (χ0n) is 23.8. The summed E-state index contributed by atoms with van der Waals surface area (Å²) in [5.41, 5.74) is 14.0. The summed E-state index contributed by atoms with van der Waals surface area (Å²) in [7, 11) is 0. The average Bonchev–Trinajstić information content (AvgIpc) is 2.93. The second kappa shape index (κ2) is 15.3. The lowest BCUT2D eigenvalue weighted by Gasteiger charge is -2.17. The van der Waals surface area contributed by atoms with Gasteiger partial charge in [0.05, 0.1) is 0 Å². The van der Waals surface area contributed by atoms with Gasteiger partial charge in [-0.05, 0) is 73.1 Å². The maximum atomic E-state index is 13.2. The molecule has 0 bridgehead atoms. The Balaban J connectivity index is 0.00000588. The number of halogens is 1. The number of para-hydroxylation sites is 1. The number of rotatable bonds is 9. The van der Waals surface area contributed by atoms with Crippen LogP contribution in [0.15, 0.2) is 71.5 Å². The number of Topliss-reactive ketones (excluding diaryl/α,β-unsaturated/α-hetero) is 1. The summed E-state index contributed by atoms with van der Waals surface area (Å²) in [6, 6.07) is 12.2. The number of aliphatic hydroxyl groups excluding tert-OH is 1. The van der Waals surface area contributed by atoms with Gasteiger partial charge in [0.2, 0.25) is 0 Å². The lowest BCUT2D eigenvalue weighted by atomic mass is 9.87. The van der Waals surface area contributed by atoms with E-state index < -0.39 is 24.0 Å². The third-order valence-electron chi connectivity index (χ3n) is 6.72. The normalized spacial score (nSPS) is 17.4. The topological polar surface area (TPSA) is 142 Å². The van der Waals surface area contributed by atoms with Crippen molar-refractivity contribution in [2.75, 3.05) is 0 Å². The number of carbonyl (C=O) groups is 3. The fraction of sp³-hybridized carbons (Fsp3) is 0.344. The molecule has 2 aromatic carbocycles. The number of hydrogen-bond donors (Lipinski definition) is 3. The summed E-state index contributed by atoms with van der Waals surface area (Å²) >= 11 is 0. The third kappa shape index (κ3) is 9.14. The van der Waals surface area contributed by atoms with E-state index in [-0.39, 0.29) is 35.8 Å². The van der Waals surface area contributed by atoms with E-state index in [0.717, 1.165) is 5.56 Å². The summed E-state index contributed by atoms with van der Waals surface area (Å²) < 4.78 is 10.8. The van der Waals surface area contributed by atoms with Crippen LogP contribution in [0.5, 0.6) is 11.5 Å². The van der Waals surface area contributed by atoms with Crippen molar-refractivity contribution in [3.63, 3.8) is 0 Å². The number of esters is 2. The second-order valence-corrected chi connectivity index (χ2v) is 10.5. The van der Waals surface area contributed by atoms with Gasteiger partial charge in [0.1, 0.15) is 29.3 Å². The number of ether oxygens (including phenoxy) is 2. The van der Waals surface area contributed by atoms with Crippen molar-refractivity contribution >= 4 is 42.3 Å². The Hall–Kier alpha value is -3.72. The van der Waals surface area contributed by atoms with E-state index in [9.17, 15) is 19.5 Å². The van der Waals surface area contributed by atoms with E-state index in [4.69, 9.17) is 20.9 Å². The molecule has 1 saturated carbocycles. The molecule has 9 heteroatoms. The molecule has 220 valence electrons. The number of allylic oxidation sites excluding steroid dienone is 3. The zero-order valence-corrected chi connectivity index (χ0v) is 24.6. The summed E-state index contributed by atoms with van der Waals surface area (Å²) in [5, 5.41) is 10.8. The van der Waals surface area contributed by atoms with E-state index in [1.165, 1.54) is 6.08 Å². The summed E-state index contributed by atoms with van der Waals surface area (Å²) in [6.45, 7) is 7.37. The van der Waals surface area contributed by atoms with Gasteiger partial charge < -0.3 is 26.0 Å². The van der Waals surface area contributed by atoms with E-state index in [1.807, 2.05) is 27.7 Å². The molecule has 2 atom stereocenters. The van der Waals surface area contributed by atoms with Crippen LogP contribution in [-0.4, -0.2) is 34.9 Å². The predicted octanol–water partition coefficient (Wildman–Crippen LogP) is 5.55. The fourth-order valence-corrected chi connectivity index (χ4v) is 3.98. The molecule has 5 N–H and O–H groups in total. The maximum Gasteiger partial charge on any atom is 0.328 e. The Kier molecular flexibility index (Phi) is 12.5. The van der Waals surface area contributed by atoms with Crippen molar-refractivity contribution in [3.05, 3.63) is 82.6 Å². The highest BCUT2D eigenvalue weighted by Crippen LogP contribution is 2.29. The van der Waals surface area contributed by atoms with Crippen LogP contribution in [0.25, 0.3) is 12.2 Å². The van der Waals surface area contributed by atoms with Crippen LogP contribution < -0.4 is 20.9 Å². The van der Waals surface area contributed by atoms with Crippen LogP contribution >= 0.6 is 12.4 Å². The van der Waals surface area contributed by atoms with Gasteiger partial charge in [-0.25, -0.2) is 9.59 Å². The van der Waals surface area contributed by atoms with E-state index in [1.54, 1.807) is 60.7 Å². The monoisotopic (exact) mass is 582 g/mol. The van der Waals surface area contributed by atoms with Crippen molar-refractivity contribution < 1.29 is 29.0 Å². The molecule has 1 aliphatic rings. The van der Waals surface area contributed by atoms with Gasteiger partial charge in [0.25, 0.3) is 0 Å². The Morgan fingerprint density at radius 3 is 2.07 bits per heavy atom. The molecule has 8 nitrogen and oxygen atoms in total. The van der Waals surface area contributed by atoms with Gasteiger partial charge in [-0.3, -0.25) is 4.79 Å². The number of hydrogen-bond acceptors (Lipinski definition) is 8. The first kappa shape index (κ1) is 33.5. The molecule has 1 aliphatic carbocycles. The van der Waals surface area contributed by atoms with Crippen LogP contribution in [0.3, 0.4) is 0 Å². The van der Waals surface area contributed by atoms with Gasteiger partial charge >= 0.3 is 11.9 Å². The Morgan fingerprint density at radius 1 is 0.878 bits per heavy atom. The smallest absolute Gasteiger partial charge is 0.328 e. The Bertz CT molecular complexity index is 1330. The lowest BCUT2D eigenvalue weighted by Crippen LogP contribution is -2.38. The molecule has 2 aromatic rings. The molecular formula is C32H39ClN2O6. The number of carbonyl (C=O) groups excluding carboxylic acids is 3. The van der Waals surface area contributed by atoms with Crippen LogP contribution in [0.1, 0.15) is 58.1 Å². The van der Waals surface area contributed by atoms with Crippen molar-refractivity contribution in [2.24, 2.45) is 23.3 Å². The third-order valence-corrected chi connectivity index (χ3v) is 6.72. The summed E-state index contributed by atoms with van der Waals surface area (Å²) in [5.74, 6) is -0.834. The number of ketones is 1. The molecule has 0 aromatic heterocycles.